The molecule has 0 saturated carbocycles. The van der Waals surface area contributed by atoms with E-state index in [-0.39, 0.29) is 11.7 Å². The summed E-state index contributed by atoms with van der Waals surface area (Å²) in [4.78, 5) is 24.5. The third kappa shape index (κ3) is 4.75. The van der Waals surface area contributed by atoms with E-state index in [2.05, 4.69) is 14.7 Å². The fourth-order valence-electron chi connectivity index (χ4n) is 2.61. The molecule has 0 aliphatic carbocycles. The van der Waals surface area contributed by atoms with Gasteiger partial charge in [-0.05, 0) is 29.8 Å². The number of alkyl halides is 2. The minimum Gasteiger partial charge on any atom is -0.435 e. The molecule has 136 valence electrons. The molecule has 1 aliphatic heterocycles. The summed E-state index contributed by atoms with van der Waals surface area (Å²) in [5, 5.41) is 0. The normalized spacial score (nSPS) is 14.9. The van der Waals surface area contributed by atoms with Gasteiger partial charge in [-0.3, -0.25) is 4.79 Å². The summed E-state index contributed by atoms with van der Waals surface area (Å²) < 4.78 is 28.5. The fraction of sp³-hybridized carbons (Fsp3) is 0.278. The van der Waals surface area contributed by atoms with E-state index in [1.807, 2.05) is 4.90 Å². The molecule has 0 bridgehead atoms. The van der Waals surface area contributed by atoms with Crippen molar-refractivity contribution in [1.29, 1.82) is 0 Å². The van der Waals surface area contributed by atoms with Crippen LogP contribution >= 0.6 is 0 Å². The average molecular weight is 360 g/mol. The number of hydrogen-bond acceptors (Lipinski definition) is 5. The van der Waals surface area contributed by atoms with Crippen molar-refractivity contribution >= 4 is 17.9 Å². The van der Waals surface area contributed by atoms with Crippen LogP contribution in [0, 0.1) is 0 Å². The third-order valence-electron chi connectivity index (χ3n) is 3.95. The van der Waals surface area contributed by atoms with Crippen LogP contribution in [0.5, 0.6) is 5.75 Å². The number of ether oxygens (including phenoxy) is 1. The lowest BCUT2D eigenvalue weighted by molar-refractivity contribution is -0.126. The number of anilines is 1. The van der Waals surface area contributed by atoms with Gasteiger partial charge >= 0.3 is 6.61 Å². The van der Waals surface area contributed by atoms with Crippen molar-refractivity contribution < 1.29 is 18.3 Å². The predicted octanol–water partition coefficient (Wildman–Crippen LogP) is 2.44. The number of nitrogens with zero attached hydrogens (tertiary/aromatic N) is 4. The molecular formula is C18H18F2N4O2. The minimum atomic E-state index is -2.85. The molecule has 0 unspecified atom stereocenters. The Bertz CT molecular complexity index is 746. The molecule has 1 amide bonds. The Morgan fingerprint density at radius 1 is 1.08 bits per heavy atom. The van der Waals surface area contributed by atoms with Crippen molar-refractivity contribution in [2.45, 2.75) is 6.61 Å². The molecule has 1 fully saturated rings. The number of carbonyl (C=O) groups is 1. The first-order chi connectivity index (χ1) is 12.6. The first kappa shape index (κ1) is 17.8. The van der Waals surface area contributed by atoms with Gasteiger partial charge in [0.1, 0.15) is 5.75 Å². The molecule has 1 aromatic carbocycles. The van der Waals surface area contributed by atoms with E-state index < -0.39 is 6.61 Å². The standard InChI is InChI=1S/C18H18F2N4O2/c19-17(20)26-15-5-2-14(3-6-15)4-7-16(25)23-10-12-24(13-11-23)18-21-8-1-9-22-18/h1-9,17H,10-13H2/b7-4+. The molecule has 6 nitrogen and oxygen atoms in total. The fourth-order valence-corrected chi connectivity index (χ4v) is 2.61. The van der Waals surface area contributed by atoms with Crippen molar-refractivity contribution in [3.05, 3.63) is 54.4 Å². The van der Waals surface area contributed by atoms with Crippen LogP contribution in [-0.4, -0.2) is 53.6 Å². The van der Waals surface area contributed by atoms with Crippen LogP contribution < -0.4 is 9.64 Å². The summed E-state index contributed by atoms with van der Waals surface area (Å²) in [5.41, 5.74) is 0.733. The van der Waals surface area contributed by atoms with Crippen molar-refractivity contribution in [3.63, 3.8) is 0 Å². The summed E-state index contributed by atoms with van der Waals surface area (Å²) in [6.45, 7) is -0.338. The molecule has 0 spiro atoms. The van der Waals surface area contributed by atoms with E-state index in [4.69, 9.17) is 0 Å². The number of hydrogen-bond donors (Lipinski definition) is 0. The highest BCUT2D eigenvalue weighted by atomic mass is 19.3. The number of amides is 1. The van der Waals surface area contributed by atoms with Gasteiger partial charge in [0.2, 0.25) is 11.9 Å². The largest absolute Gasteiger partial charge is 0.435 e. The van der Waals surface area contributed by atoms with E-state index in [0.29, 0.717) is 32.1 Å². The van der Waals surface area contributed by atoms with Crippen LogP contribution in [-0.2, 0) is 4.79 Å². The Morgan fingerprint density at radius 2 is 1.73 bits per heavy atom. The van der Waals surface area contributed by atoms with Crippen LogP contribution in [0.15, 0.2) is 48.8 Å². The molecule has 0 radical (unpaired) electrons. The highest BCUT2D eigenvalue weighted by Crippen LogP contribution is 2.16. The van der Waals surface area contributed by atoms with Crippen molar-refractivity contribution in [3.8, 4) is 5.75 Å². The number of piperazine rings is 1. The van der Waals surface area contributed by atoms with E-state index in [1.54, 1.807) is 41.6 Å². The van der Waals surface area contributed by atoms with Gasteiger partial charge in [0.15, 0.2) is 0 Å². The molecule has 1 saturated heterocycles. The van der Waals surface area contributed by atoms with Gasteiger partial charge in [-0.1, -0.05) is 12.1 Å². The quantitative estimate of drug-likeness (QED) is 0.767. The number of carbonyl (C=O) groups excluding carboxylic acids is 1. The Morgan fingerprint density at radius 3 is 2.35 bits per heavy atom. The lowest BCUT2D eigenvalue weighted by Gasteiger charge is -2.34. The molecule has 0 N–H and O–H groups in total. The van der Waals surface area contributed by atoms with Gasteiger partial charge in [-0.15, -0.1) is 0 Å². The van der Waals surface area contributed by atoms with Crippen molar-refractivity contribution in [1.82, 2.24) is 14.9 Å². The van der Waals surface area contributed by atoms with Crippen LogP contribution in [0.1, 0.15) is 5.56 Å². The predicted molar refractivity (Wildman–Crippen MR) is 92.9 cm³/mol. The first-order valence-electron chi connectivity index (χ1n) is 8.15. The number of benzene rings is 1. The van der Waals surface area contributed by atoms with E-state index in [0.717, 1.165) is 5.56 Å². The van der Waals surface area contributed by atoms with Crippen LogP contribution in [0.25, 0.3) is 6.08 Å². The zero-order valence-corrected chi connectivity index (χ0v) is 14.0. The van der Waals surface area contributed by atoms with Gasteiger partial charge in [-0.2, -0.15) is 8.78 Å². The number of halogens is 2. The van der Waals surface area contributed by atoms with Crippen LogP contribution in [0.2, 0.25) is 0 Å². The molecule has 2 aromatic rings. The molecule has 1 aliphatic rings. The van der Waals surface area contributed by atoms with Gasteiger partial charge in [0, 0.05) is 44.6 Å². The highest BCUT2D eigenvalue weighted by Gasteiger charge is 2.20. The second-order valence-electron chi connectivity index (χ2n) is 5.64. The molecule has 2 heterocycles. The minimum absolute atomic E-state index is 0.0859. The third-order valence-corrected chi connectivity index (χ3v) is 3.95. The van der Waals surface area contributed by atoms with E-state index >= 15 is 0 Å². The zero-order chi connectivity index (χ0) is 18.4. The molecule has 3 rings (SSSR count). The first-order valence-corrected chi connectivity index (χ1v) is 8.15. The van der Waals surface area contributed by atoms with Gasteiger partial charge in [0.25, 0.3) is 0 Å². The second kappa shape index (κ2) is 8.37. The molecule has 26 heavy (non-hydrogen) atoms. The second-order valence-corrected chi connectivity index (χ2v) is 5.64. The van der Waals surface area contributed by atoms with Crippen LogP contribution in [0.3, 0.4) is 0 Å². The van der Waals surface area contributed by atoms with Gasteiger partial charge < -0.3 is 14.5 Å². The Labute approximate surface area is 149 Å². The monoisotopic (exact) mass is 360 g/mol. The van der Waals surface area contributed by atoms with E-state index in [1.165, 1.54) is 18.2 Å². The maximum absolute atomic E-state index is 12.3. The topological polar surface area (TPSA) is 58.6 Å². The lowest BCUT2D eigenvalue weighted by Crippen LogP contribution is -2.48. The van der Waals surface area contributed by atoms with Gasteiger partial charge in [0.05, 0.1) is 0 Å². The van der Waals surface area contributed by atoms with Gasteiger partial charge in [-0.25, -0.2) is 9.97 Å². The summed E-state index contributed by atoms with van der Waals surface area (Å²) in [5.74, 6) is 0.663. The Balaban J connectivity index is 1.51. The highest BCUT2D eigenvalue weighted by molar-refractivity contribution is 5.92. The average Bonchev–Trinajstić information content (AvgIpc) is 2.67. The molecular weight excluding hydrogens is 342 g/mol. The Kier molecular flexibility index (Phi) is 5.73. The molecule has 0 atom stereocenters. The number of aromatic nitrogens is 2. The maximum atomic E-state index is 12.3. The summed E-state index contributed by atoms with van der Waals surface area (Å²) in [6.07, 6.45) is 6.53. The summed E-state index contributed by atoms with van der Waals surface area (Å²) in [7, 11) is 0. The zero-order valence-electron chi connectivity index (χ0n) is 14.0. The summed E-state index contributed by atoms with van der Waals surface area (Å²) >= 11 is 0. The van der Waals surface area contributed by atoms with Crippen molar-refractivity contribution in [2.75, 3.05) is 31.1 Å². The molecule has 8 heteroatoms. The van der Waals surface area contributed by atoms with E-state index in [9.17, 15) is 13.6 Å². The Hall–Kier alpha value is -3.03. The van der Waals surface area contributed by atoms with Crippen LogP contribution in [0.4, 0.5) is 14.7 Å². The van der Waals surface area contributed by atoms with Crippen molar-refractivity contribution in [2.24, 2.45) is 0 Å². The lowest BCUT2D eigenvalue weighted by atomic mass is 10.2. The summed E-state index contributed by atoms with van der Waals surface area (Å²) in [6, 6.07) is 7.88. The SMILES string of the molecule is O=C(/C=C/c1ccc(OC(F)F)cc1)N1CCN(c2ncccn2)CC1. The number of rotatable bonds is 5. The maximum Gasteiger partial charge on any atom is 0.387 e. The molecule has 1 aromatic heterocycles. The smallest absolute Gasteiger partial charge is 0.387 e.